The molecule has 1 unspecified atom stereocenters. The SMILES string of the molecule is CS(=O)(=O)NCC(=O)N1CCCC(c2nccs2)C1. The van der Waals surface area contributed by atoms with Crippen LogP contribution in [0.1, 0.15) is 23.8 Å². The van der Waals surface area contributed by atoms with E-state index in [-0.39, 0.29) is 18.4 Å². The number of likely N-dealkylation sites (tertiary alicyclic amines) is 1. The summed E-state index contributed by atoms with van der Waals surface area (Å²) in [6, 6.07) is 0. The third kappa shape index (κ3) is 4.26. The summed E-state index contributed by atoms with van der Waals surface area (Å²) < 4.78 is 24.2. The lowest BCUT2D eigenvalue weighted by molar-refractivity contribution is -0.131. The normalized spacial score (nSPS) is 20.5. The summed E-state index contributed by atoms with van der Waals surface area (Å²) >= 11 is 1.60. The van der Waals surface area contributed by atoms with E-state index in [0.29, 0.717) is 13.1 Å². The predicted molar refractivity (Wildman–Crippen MR) is 73.5 cm³/mol. The fourth-order valence-corrected chi connectivity index (χ4v) is 3.30. The van der Waals surface area contributed by atoms with Gasteiger partial charge in [-0.05, 0) is 12.8 Å². The number of nitrogens with zero attached hydrogens (tertiary/aromatic N) is 2. The molecule has 1 aromatic rings. The largest absolute Gasteiger partial charge is 0.341 e. The smallest absolute Gasteiger partial charge is 0.237 e. The van der Waals surface area contributed by atoms with E-state index in [1.807, 2.05) is 5.38 Å². The number of carbonyl (C=O) groups is 1. The molecule has 106 valence electrons. The van der Waals surface area contributed by atoms with E-state index < -0.39 is 10.0 Å². The van der Waals surface area contributed by atoms with Gasteiger partial charge in [-0.2, -0.15) is 0 Å². The summed E-state index contributed by atoms with van der Waals surface area (Å²) in [5.41, 5.74) is 0. The molecule has 1 amide bonds. The highest BCUT2D eigenvalue weighted by Gasteiger charge is 2.26. The second kappa shape index (κ2) is 5.98. The first-order chi connectivity index (χ1) is 8.96. The van der Waals surface area contributed by atoms with Crippen molar-refractivity contribution in [2.24, 2.45) is 0 Å². The molecule has 1 aliphatic heterocycles. The number of carbonyl (C=O) groups excluding carboxylic acids is 1. The Morgan fingerprint density at radius 1 is 1.63 bits per heavy atom. The van der Waals surface area contributed by atoms with E-state index in [1.54, 1.807) is 22.4 Å². The van der Waals surface area contributed by atoms with E-state index >= 15 is 0 Å². The number of hydrogen-bond acceptors (Lipinski definition) is 5. The number of sulfonamides is 1. The van der Waals surface area contributed by atoms with Crippen LogP contribution in [0.2, 0.25) is 0 Å². The highest BCUT2D eigenvalue weighted by molar-refractivity contribution is 7.88. The minimum absolute atomic E-state index is 0.163. The minimum atomic E-state index is -3.32. The van der Waals surface area contributed by atoms with Crippen LogP contribution in [-0.2, 0) is 14.8 Å². The molecule has 1 N–H and O–H groups in total. The number of piperidine rings is 1. The Hall–Kier alpha value is -0.990. The van der Waals surface area contributed by atoms with Gasteiger partial charge in [0.25, 0.3) is 0 Å². The van der Waals surface area contributed by atoms with Crippen LogP contribution in [0, 0.1) is 0 Å². The van der Waals surface area contributed by atoms with Crippen LogP contribution in [0.3, 0.4) is 0 Å². The first kappa shape index (κ1) is 14.4. The number of rotatable bonds is 4. The number of aromatic nitrogens is 1. The van der Waals surface area contributed by atoms with E-state index in [9.17, 15) is 13.2 Å². The molecule has 2 rings (SSSR count). The van der Waals surface area contributed by atoms with Crippen LogP contribution in [0.15, 0.2) is 11.6 Å². The highest BCUT2D eigenvalue weighted by atomic mass is 32.2. The molecule has 1 fully saturated rings. The van der Waals surface area contributed by atoms with Crippen LogP contribution >= 0.6 is 11.3 Å². The predicted octanol–water partition coefficient (Wildman–Crippen LogP) is 0.398. The van der Waals surface area contributed by atoms with Crippen molar-refractivity contribution in [3.63, 3.8) is 0 Å². The quantitative estimate of drug-likeness (QED) is 0.873. The lowest BCUT2D eigenvalue weighted by atomic mass is 9.99. The van der Waals surface area contributed by atoms with Crippen molar-refractivity contribution in [3.8, 4) is 0 Å². The van der Waals surface area contributed by atoms with E-state index in [1.165, 1.54) is 0 Å². The molecule has 0 saturated carbocycles. The van der Waals surface area contributed by atoms with Crippen LogP contribution in [0.4, 0.5) is 0 Å². The molecular weight excluding hydrogens is 286 g/mol. The van der Waals surface area contributed by atoms with Crippen LogP contribution in [-0.4, -0.2) is 50.1 Å². The molecule has 2 heterocycles. The fourth-order valence-electron chi connectivity index (χ4n) is 2.15. The lowest BCUT2D eigenvalue weighted by Crippen LogP contribution is -2.44. The van der Waals surface area contributed by atoms with Gasteiger partial charge >= 0.3 is 0 Å². The van der Waals surface area contributed by atoms with E-state index in [4.69, 9.17) is 0 Å². The molecule has 0 bridgehead atoms. The monoisotopic (exact) mass is 303 g/mol. The summed E-state index contributed by atoms with van der Waals surface area (Å²) in [4.78, 5) is 17.9. The first-order valence-electron chi connectivity index (χ1n) is 6.07. The Kier molecular flexibility index (Phi) is 4.54. The molecule has 0 aliphatic carbocycles. The number of amides is 1. The highest BCUT2D eigenvalue weighted by Crippen LogP contribution is 2.28. The number of thiazole rings is 1. The van der Waals surface area contributed by atoms with Crippen molar-refractivity contribution in [3.05, 3.63) is 16.6 Å². The van der Waals surface area contributed by atoms with Crippen molar-refractivity contribution in [1.29, 1.82) is 0 Å². The lowest BCUT2D eigenvalue weighted by Gasteiger charge is -2.31. The number of nitrogens with one attached hydrogen (secondary N) is 1. The molecule has 6 nitrogen and oxygen atoms in total. The zero-order chi connectivity index (χ0) is 13.9. The van der Waals surface area contributed by atoms with Gasteiger partial charge in [0, 0.05) is 30.6 Å². The molecular formula is C11H17N3O3S2. The molecule has 1 aliphatic rings. The zero-order valence-electron chi connectivity index (χ0n) is 10.7. The molecule has 1 saturated heterocycles. The van der Waals surface area contributed by atoms with Crippen molar-refractivity contribution in [2.45, 2.75) is 18.8 Å². The van der Waals surface area contributed by atoms with Gasteiger partial charge in [0.1, 0.15) is 0 Å². The molecule has 8 heteroatoms. The maximum absolute atomic E-state index is 11.9. The zero-order valence-corrected chi connectivity index (χ0v) is 12.3. The second-order valence-corrected chi connectivity index (χ2v) is 7.40. The van der Waals surface area contributed by atoms with Gasteiger partial charge in [-0.3, -0.25) is 4.79 Å². The average Bonchev–Trinajstić information content (AvgIpc) is 2.89. The summed E-state index contributed by atoms with van der Waals surface area (Å²) in [7, 11) is -3.32. The van der Waals surface area contributed by atoms with Crippen LogP contribution < -0.4 is 4.72 Å². The second-order valence-electron chi connectivity index (χ2n) is 4.64. The minimum Gasteiger partial charge on any atom is -0.341 e. The fraction of sp³-hybridized carbons (Fsp3) is 0.636. The summed E-state index contributed by atoms with van der Waals surface area (Å²) in [6.07, 6.45) is 4.77. The summed E-state index contributed by atoms with van der Waals surface area (Å²) in [5.74, 6) is 0.0996. The Balaban J connectivity index is 1.92. The van der Waals surface area contributed by atoms with Gasteiger partial charge in [0.2, 0.25) is 15.9 Å². The molecule has 0 aromatic carbocycles. The number of hydrogen-bond donors (Lipinski definition) is 1. The van der Waals surface area contributed by atoms with Gasteiger partial charge in [-0.1, -0.05) is 0 Å². The van der Waals surface area contributed by atoms with E-state index in [0.717, 1.165) is 24.1 Å². The van der Waals surface area contributed by atoms with Gasteiger partial charge in [0.05, 0.1) is 17.8 Å². The van der Waals surface area contributed by atoms with Crippen molar-refractivity contribution in [2.75, 3.05) is 25.9 Å². The summed E-state index contributed by atoms with van der Waals surface area (Å²) in [6.45, 7) is 1.15. The standard InChI is InChI=1S/C11H17N3O3S2/c1-19(16,17)13-7-10(15)14-5-2-3-9(8-14)11-12-4-6-18-11/h4,6,9,13H,2-3,5,7-8H2,1H3. The topological polar surface area (TPSA) is 79.4 Å². The first-order valence-corrected chi connectivity index (χ1v) is 8.84. The van der Waals surface area contributed by atoms with E-state index in [2.05, 4.69) is 9.71 Å². The Labute approximate surface area is 116 Å². The van der Waals surface area contributed by atoms with Crippen molar-refractivity contribution in [1.82, 2.24) is 14.6 Å². The molecule has 0 spiro atoms. The molecule has 1 atom stereocenters. The molecule has 1 aromatic heterocycles. The molecule has 19 heavy (non-hydrogen) atoms. The van der Waals surface area contributed by atoms with Crippen LogP contribution in [0.25, 0.3) is 0 Å². The van der Waals surface area contributed by atoms with Crippen molar-refractivity contribution >= 4 is 27.3 Å². The average molecular weight is 303 g/mol. The maximum atomic E-state index is 11.9. The maximum Gasteiger partial charge on any atom is 0.237 e. The Morgan fingerprint density at radius 3 is 3.05 bits per heavy atom. The van der Waals surface area contributed by atoms with Gasteiger partial charge in [0.15, 0.2) is 0 Å². The van der Waals surface area contributed by atoms with Crippen molar-refractivity contribution < 1.29 is 13.2 Å². The van der Waals surface area contributed by atoms with Crippen LogP contribution in [0.5, 0.6) is 0 Å². The Bertz CT molecular complexity index is 527. The summed E-state index contributed by atoms with van der Waals surface area (Å²) in [5, 5.41) is 2.98. The van der Waals surface area contributed by atoms with Gasteiger partial charge in [-0.15, -0.1) is 11.3 Å². The Morgan fingerprint density at radius 2 is 2.42 bits per heavy atom. The van der Waals surface area contributed by atoms with Gasteiger partial charge < -0.3 is 4.90 Å². The van der Waals surface area contributed by atoms with Gasteiger partial charge in [-0.25, -0.2) is 18.1 Å². The third-order valence-corrected chi connectivity index (χ3v) is 4.67. The molecule has 0 radical (unpaired) electrons. The third-order valence-electron chi connectivity index (χ3n) is 3.06.